The zero-order valence-corrected chi connectivity index (χ0v) is 8.71. The largest absolute Gasteiger partial charge is 0.466 e. The first-order chi connectivity index (χ1) is 6.22. The molecule has 1 aliphatic carbocycles. The average molecular weight is 184 g/mol. The molecule has 0 aromatic heterocycles. The lowest BCUT2D eigenvalue weighted by molar-refractivity contribution is -0.144. The Morgan fingerprint density at radius 1 is 1.46 bits per heavy atom. The lowest BCUT2D eigenvalue weighted by Gasteiger charge is -2.25. The normalized spacial score (nSPS) is 28.5. The molecule has 2 heteroatoms. The highest BCUT2D eigenvalue weighted by Crippen LogP contribution is 2.30. The summed E-state index contributed by atoms with van der Waals surface area (Å²) in [5.41, 5.74) is 0. The molecule has 1 rings (SSSR count). The molecular weight excluding hydrogens is 164 g/mol. The first-order valence-electron chi connectivity index (χ1n) is 5.38. The van der Waals surface area contributed by atoms with Crippen molar-refractivity contribution >= 4 is 5.97 Å². The standard InChI is InChI=1S/C11H20O2/c1-3-13-11(12)8-10-6-4-5-9(2)7-10/h9-10H,3-8H2,1-2H3. The minimum absolute atomic E-state index is 0.0124. The van der Waals surface area contributed by atoms with E-state index in [-0.39, 0.29) is 5.97 Å². The van der Waals surface area contributed by atoms with Crippen LogP contribution in [0.15, 0.2) is 0 Å². The van der Waals surface area contributed by atoms with Gasteiger partial charge in [-0.15, -0.1) is 0 Å². The van der Waals surface area contributed by atoms with E-state index in [1.807, 2.05) is 6.92 Å². The zero-order valence-electron chi connectivity index (χ0n) is 8.71. The molecule has 0 N–H and O–H groups in total. The summed E-state index contributed by atoms with van der Waals surface area (Å²) < 4.78 is 4.94. The van der Waals surface area contributed by atoms with E-state index in [4.69, 9.17) is 4.74 Å². The second-order valence-electron chi connectivity index (χ2n) is 4.15. The molecule has 1 fully saturated rings. The topological polar surface area (TPSA) is 26.3 Å². The lowest BCUT2D eigenvalue weighted by atomic mass is 9.81. The molecule has 1 saturated carbocycles. The number of hydrogen-bond donors (Lipinski definition) is 0. The third kappa shape index (κ3) is 3.79. The van der Waals surface area contributed by atoms with Crippen molar-refractivity contribution in [3.63, 3.8) is 0 Å². The van der Waals surface area contributed by atoms with Crippen LogP contribution in [0.2, 0.25) is 0 Å². The minimum Gasteiger partial charge on any atom is -0.466 e. The summed E-state index contributed by atoms with van der Waals surface area (Å²) in [6, 6.07) is 0. The van der Waals surface area contributed by atoms with Gasteiger partial charge in [0.05, 0.1) is 6.61 Å². The summed E-state index contributed by atoms with van der Waals surface area (Å²) in [5.74, 6) is 1.37. The molecule has 2 nitrogen and oxygen atoms in total. The van der Waals surface area contributed by atoms with Gasteiger partial charge in [0.1, 0.15) is 0 Å². The van der Waals surface area contributed by atoms with E-state index in [1.54, 1.807) is 0 Å². The maximum Gasteiger partial charge on any atom is 0.306 e. The molecule has 1 aliphatic rings. The quantitative estimate of drug-likeness (QED) is 0.630. The highest BCUT2D eigenvalue weighted by Gasteiger charge is 2.21. The Kier molecular flexibility index (Phi) is 4.26. The van der Waals surface area contributed by atoms with Crippen molar-refractivity contribution in [1.29, 1.82) is 0 Å². The van der Waals surface area contributed by atoms with Crippen molar-refractivity contribution < 1.29 is 9.53 Å². The van der Waals surface area contributed by atoms with Crippen molar-refractivity contribution in [2.75, 3.05) is 6.61 Å². The van der Waals surface area contributed by atoms with Gasteiger partial charge in [0.2, 0.25) is 0 Å². The average Bonchev–Trinajstić information content (AvgIpc) is 2.04. The van der Waals surface area contributed by atoms with Crippen LogP contribution in [0.25, 0.3) is 0 Å². The molecule has 13 heavy (non-hydrogen) atoms. The molecule has 0 aromatic carbocycles. The molecule has 0 amide bonds. The fraction of sp³-hybridized carbons (Fsp3) is 0.909. The van der Waals surface area contributed by atoms with Gasteiger partial charge in [-0.3, -0.25) is 4.79 Å². The van der Waals surface area contributed by atoms with Crippen LogP contribution in [0.1, 0.15) is 46.0 Å². The Morgan fingerprint density at radius 3 is 2.85 bits per heavy atom. The molecular formula is C11H20O2. The fourth-order valence-corrected chi connectivity index (χ4v) is 2.20. The second kappa shape index (κ2) is 5.25. The van der Waals surface area contributed by atoms with Gasteiger partial charge in [0.15, 0.2) is 0 Å². The van der Waals surface area contributed by atoms with E-state index in [0.29, 0.717) is 18.9 Å². The molecule has 0 aliphatic heterocycles. The van der Waals surface area contributed by atoms with E-state index in [1.165, 1.54) is 25.7 Å². The number of ether oxygens (including phenoxy) is 1. The third-order valence-corrected chi connectivity index (χ3v) is 2.81. The molecule has 0 bridgehead atoms. The summed E-state index contributed by atoms with van der Waals surface area (Å²) >= 11 is 0. The predicted molar refractivity (Wildman–Crippen MR) is 52.4 cm³/mol. The summed E-state index contributed by atoms with van der Waals surface area (Å²) in [5, 5.41) is 0. The van der Waals surface area contributed by atoms with Crippen LogP contribution < -0.4 is 0 Å². The SMILES string of the molecule is CCOC(=O)CC1CCCC(C)C1. The highest BCUT2D eigenvalue weighted by molar-refractivity contribution is 5.69. The van der Waals surface area contributed by atoms with Crippen LogP contribution in [-0.2, 0) is 9.53 Å². The minimum atomic E-state index is -0.0124. The summed E-state index contributed by atoms with van der Waals surface area (Å²) in [4.78, 5) is 11.2. The number of hydrogen-bond acceptors (Lipinski definition) is 2. The van der Waals surface area contributed by atoms with Crippen LogP contribution in [0, 0.1) is 11.8 Å². The second-order valence-corrected chi connectivity index (χ2v) is 4.15. The number of esters is 1. The van der Waals surface area contributed by atoms with Crippen LogP contribution in [-0.4, -0.2) is 12.6 Å². The summed E-state index contributed by atoms with van der Waals surface area (Å²) in [6.07, 6.45) is 5.67. The van der Waals surface area contributed by atoms with Crippen LogP contribution in [0.5, 0.6) is 0 Å². The maximum atomic E-state index is 11.2. The molecule has 0 saturated heterocycles. The third-order valence-electron chi connectivity index (χ3n) is 2.81. The molecule has 2 atom stereocenters. The van der Waals surface area contributed by atoms with Crippen molar-refractivity contribution in [2.45, 2.75) is 46.0 Å². The Morgan fingerprint density at radius 2 is 2.23 bits per heavy atom. The van der Waals surface area contributed by atoms with Crippen molar-refractivity contribution in [3.05, 3.63) is 0 Å². The molecule has 0 heterocycles. The maximum absolute atomic E-state index is 11.2. The Balaban J connectivity index is 2.23. The molecule has 0 spiro atoms. The van der Waals surface area contributed by atoms with E-state index in [0.717, 1.165) is 5.92 Å². The first kappa shape index (κ1) is 10.6. The van der Waals surface area contributed by atoms with Gasteiger partial charge < -0.3 is 4.74 Å². The Bertz CT molecular complexity index is 165. The Labute approximate surface area is 80.7 Å². The van der Waals surface area contributed by atoms with Crippen LogP contribution in [0.3, 0.4) is 0 Å². The molecule has 0 radical (unpaired) electrons. The van der Waals surface area contributed by atoms with Crippen LogP contribution >= 0.6 is 0 Å². The zero-order chi connectivity index (χ0) is 9.68. The monoisotopic (exact) mass is 184 g/mol. The molecule has 0 aromatic rings. The van der Waals surface area contributed by atoms with Crippen molar-refractivity contribution in [2.24, 2.45) is 11.8 Å². The summed E-state index contributed by atoms with van der Waals surface area (Å²) in [7, 11) is 0. The number of carbonyl (C=O) groups is 1. The van der Waals surface area contributed by atoms with Gasteiger partial charge in [-0.1, -0.05) is 19.8 Å². The van der Waals surface area contributed by atoms with E-state index in [2.05, 4.69) is 6.92 Å². The van der Waals surface area contributed by atoms with Gasteiger partial charge >= 0.3 is 5.97 Å². The van der Waals surface area contributed by atoms with Gasteiger partial charge in [-0.05, 0) is 31.6 Å². The lowest BCUT2D eigenvalue weighted by Crippen LogP contribution is -2.18. The number of rotatable bonds is 3. The van der Waals surface area contributed by atoms with E-state index < -0.39 is 0 Å². The van der Waals surface area contributed by atoms with Gasteiger partial charge in [0.25, 0.3) is 0 Å². The first-order valence-corrected chi connectivity index (χ1v) is 5.38. The van der Waals surface area contributed by atoms with Gasteiger partial charge in [-0.2, -0.15) is 0 Å². The van der Waals surface area contributed by atoms with Gasteiger partial charge in [-0.25, -0.2) is 0 Å². The smallest absolute Gasteiger partial charge is 0.306 e. The Hall–Kier alpha value is -0.530. The van der Waals surface area contributed by atoms with Crippen molar-refractivity contribution in [3.8, 4) is 0 Å². The fourth-order valence-electron chi connectivity index (χ4n) is 2.20. The summed E-state index contributed by atoms with van der Waals surface area (Å²) in [6.45, 7) is 4.65. The molecule has 2 unspecified atom stereocenters. The van der Waals surface area contributed by atoms with E-state index >= 15 is 0 Å². The highest BCUT2D eigenvalue weighted by atomic mass is 16.5. The van der Waals surface area contributed by atoms with Gasteiger partial charge in [0, 0.05) is 6.42 Å². The predicted octanol–water partition coefficient (Wildman–Crippen LogP) is 2.77. The van der Waals surface area contributed by atoms with Crippen LogP contribution in [0.4, 0.5) is 0 Å². The van der Waals surface area contributed by atoms with Crippen molar-refractivity contribution in [1.82, 2.24) is 0 Å². The van der Waals surface area contributed by atoms with E-state index in [9.17, 15) is 4.79 Å². The molecule has 76 valence electrons. The number of carbonyl (C=O) groups excluding carboxylic acids is 1.